The number of benzene rings is 1. The molecule has 1 aromatic carbocycles. The van der Waals surface area contributed by atoms with Gasteiger partial charge in [0.2, 0.25) is 0 Å². The molecule has 158 valence electrons. The first-order chi connectivity index (χ1) is 13.6. The molecule has 3 N–H and O–H groups in total. The van der Waals surface area contributed by atoms with Crippen molar-refractivity contribution in [3.8, 4) is 0 Å². The van der Waals surface area contributed by atoms with Crippen LogP contribution in [0, 0.1) is 5.41 Å². The van der Waals surface area contributed by atoms with Crippen LogP contribution in [0.1, 0.15) is 62.7 Å². The van der Waals surface area contributed by atoms with Crippen molar-refractivity contribution in [3.05, 3.63) is 46.4 Å². The fourth-order valence-corrected chi connectivity index (χ4v) is 4.65. The summed E-state index contributed by atoms with van der Waals surface area (Å²) in [5.74, 6) is -0.0834. The van der Waals surface area contributed by atoms with Crippen LogP contribution in [0.15, 0.2) is 35.3 Å². The number of hydrogen-bond acceptors (Lipinski definition) is 5. The number of carbonyl (C=O) groups is 1. The fraction of sp³-hybridized carbons (Fsp3) is 0.565. The van der Waals surface area contributed by atoms with E-state index in [1.165, 1.54) is 10.8 Å². The van der Waals surface area contributed by atoms with Gasteiger partial charge >= 0.3 is 0 Å². The van der Waals surface area contributed by atoms with E-state index in [9.17, 15) is 19.8 Å². The maximum Gasteiger partial charge on any atom is 0.258 e. The molecule has 2 aromatic rings. The van der Waals surface area contributed by atoms with Gasteiger partial charge in [-0.1, -0.05) is 32.4 Å². The van der Waals surface area contributed by atoms with Gasteiger partial charge in [0, 0.05) is 23.6 Å². The average Bonchev–Trinajstić information content (AvgIpc) is 2.67. The summed E-state index contributed by atoms with van der Waals surface area (Å²) in [6, 6.07) is 6.76. The first-order valence-electron chi connectivity index (χ1n) is 10.3. The molecule has 0 radical (unpaired) electrons. The number of fused-ring (bicyclic) bond motifs is 1. The first kappa shape index (κ1) is 21.7. The highest BCUT2D eigenvalue weighted by molar-refractivity contribution is 6.07. The van der Waals surface area contributed by atoms with E-state index in [1.807, 2.05) is 0 Å². The number of hydrogen-bond donors (Lipinski definition) is 3. The minimum Gasteiger partial charge on any atom is -0.394 e. The summed E-state index contributed by atoms with van der Waals surface area (Å²) in [5, 5.41) is 30.6. The van der Waals surface area contributed by atoms with Gasteiger partial charge in [-0.2, -0.15) is 0 Å². The van der Waals surface area contributed by atoms with Crippen molar-refractivity contribution < 1.29 is 20.1 Å². The number of aliphatic hydroxyl groups is 3. The molecule has 0 spiro atoms. The molecule has 0 bridgehead atoms. The van der Waals surface area contributed by atoms with Gasteiger partial charge < -0.3 is 19.9 Å². The predicted octanol–water partition coefficient (Wildman–Crippen LogP) is 2.65. The Bertz CT molecular complexity index is 948. The number of nitrogens with zero attached hydrogens (tertiary/aromatic N) is 1. The Balaban J connectivity index is 1.81. The van der Waals surface area contributed by atoms with Gasteiger partial charge in [0.05, 0.1) is 24.9 Å². The molecular formula is C23H31NO5. The number of ketones is 1. The van der Waals surface area contributed by atoms with E-state index in [2.05, 4.69) is 13.8 Å². The van der Waals surface area contributed by atoms with Crippen LogP contribution in [0.25, 0.3) is 10.8 Å². The number of carbonyl (C=O) groups excluding carboxylic acids is 1. The van der Waals surface area contributed by atoms with Crippen LogP contribution in [0.2, 0.25) is 0 Å². The third kappa shape index (κ3) is 4.94. The number of aromatic nitrogens is 1. The zero-order chi connectivity index (χ0) is 21.2. The Morgan fingerprint density at radius 3 is 2.66 bits per heavy atom. The van der Waals surface area contributed by atoms with Gasteiger partial charge in [0.1, 0.15) is 0 Å². The summed E-state index contributed by atoms with van der Waals surface area (Å²) in [6.45, 7) is 3.87. The molecule has 6 heteroatoms. The van der Waals surface area contributed by atoms with E-state index >= 15 is 0 Å². The van der Waals surface area contributed by atoms with Crippen molar-refractivity contribution >= 4 is 16.6 Å². The summed E-state index contributed by atoms with van der Waals surface area (Å²) in [7, 11) is 0. The smallest absolute Gasteiger partial charge is 0.258 e. The van der Waals surface area contributed by atoms with Gasteiger partial charge in [-0.05, 0) is 48.6 Å². The minimum absolute atomic E-state index is 0.00767. The van der Waals surface area contributed by atoms with Gasteiger partial charge in [-0.15, -0.1) is 0 Å². The normalized spacial score (nSPS) is 22.5. The maximum atomic E-state index is 12.9. The third-order valence-electron chi connectivity index (χ3n) is 6.06. The first-order valence-corrected chi connectivity index (χ1v) is 10.3. The summed E-state index contributed by atoms with van der Waals surface area (Å²) >= 11 is 0. The van der Waals surface area contributed by atoms with Crippen LogP contribution in [0.4, 0.5) is 0 Å². The molecule has 1 fully saturated rings. The quantitative estimate of drug-likeness (QED) is 0.620. The SMILES string of the molecule is CC1(C)CCCC(O)(CCC(=O)c2cccc3c(=O)n(CC(O)CO)ccc23)C1. The van der Waals surface area contributed by atoms with Crippen molar-refractivity contribution in [3.63, 3.8) is 0 Å². The van der Waals surface area contributed by atoms with Crippen LogP contribution >= 0.6 is 0 Å². The largest absolute Gasteiger partial charge is 0.394 e. The summed E-state index contributed by atoms with van der Waals surface area (Å²) < 4.78 is 1.34. The van der Waals surface area contributed by atoms with E-state index < -0.39 is 18.3 Å². The highest BCUT2D eigenvalue weighted by Gasteiger charge is 2.38. The van der Waals surface area contributed by atoms with Crippen molar-refractivity contribution in [1.29, 1.82) is 0 Å². The van der Waals surface area contributed by atoms with Gasteiger partial charge in [0.15, 0.2) is 5.78 Å². The molecule has 3 rings (SSSR count). The van der Waals surface area contributed by atoms with Crippen LogP contribution < -0.4 is 5.56 Å². The number of Topliss-reactive ketones (excluding diaryl/α,β-unsaturated/α-hetero) is 1. The van der Waals surface area contributed by atoms with E-state index in [-0.39, 0.29) is 29.7 Å². The zero-order valence-electron chi connectivity index (χ0n) is 17.2. The van der Waals surface area contributed by atoms with E-state index in [4.69, 9.17) is 5.11 Å². The fourth-order valence-electron chi connectivity index (χ4n) is 4.65. The molecule has 2 unspecified atom stereocenters. The molecule has 2 atom stereocenters. The van der Waals surface area contributed by atoms with Crippen LogP contribution in [0.3, 0.4) is 0 Å². The molecule has 1 aliphatic carbocycles. The van der Waals surface area contributed by atoms with Crippen molar-refractivity contribution in [2.45, 2.75) is 70.6 Å². The van der Waals surface area contributed by atoms with Crippen LogP contribution in [-0.2, 0) is 6.54 Å². The lowest BCUT2D eigenvalue weighted by molar-refractivity contribution is -0.0449. The minimum atomic E-state index is -1.02. The Kier molecular flexibility index (Phi) is 6.27. The second-order valence-electron chi connectivity index (χ2n) is 9.22. The Morgan fingerprint density at radius 1 is 1.21 bits per heavy atom. The lowest BCUT2D eigenvalue weighted by atomic mass is 9.68. The molecule has 6 nitrogen and oxygen atoms in total. The second-order valence-corrected chi connectivity index (χ2v) is 9.22. The Hall–Kier alpha value is -2.02. The molecular weight excluding hydrogens is 370 g/mol. The molecule has 1 heterocycles. The van der Waals surface area contributed by atoms with E-state index in [0.717, 1.165) is 19.3 Å². The molecule has 1 aromatic heterocycles. The summed E-state index contributed by atoms with van der Waals surface area (Å²) in [5.41, 5.74) is -0.556. The van der Waals surface area contributed by atoms with Gasteiger partial charge in [0.25, 0.3) is 5.56 Å². The lowest BCUT2D eigenvalue weighted by Gasteiger charge is -2.41. The number of pyridine rings is 1. The molecule has 1 aliphatic rings. The molecule has 0 saturated heterocycles. The maximum absolute atomic E-state index is 12.9. The lowest BCUT2D eigenvalue weighted by Crippen LogP contribution is -2.39. The van der Waals surface area contributed by atoms with Crippen LogP contribution in [-0.4, -0.2) is 44.0 Å². The molecule has 1 saturated carbocycles. The van der Waals surface area contributed by atoms with Gasteiger partial charge in [-0.3, -0.25) is 9.59 Å². The second kappa shape index (κ2) is 8.38. The highest BCUT2D eigenvalue weighted by Crippen LogP contribution is 2.43. The molecule has 0 aliphatic heterocycles. The van der Waals surface area contributed by atoms with Crippen LogP contribution in [0.5, 0.6) is 0 Å². The summed E-state index contributed by atoms with van der Waals surface area (Å²) in [6.07, 6.45) is 4.64. The van der Waals surface area contributed by atoms with Crippen molar-refractivity contribution in [2.75, 3.05) is 6.61 Å². The third-order valence-corrected chi connectivity index (χ3v) is 6.06. The average molecular weight is 402 g/mol. The molecule has 29 heavy (non-hydrogen) atoms. The molecule has 0 amide bonds. The van der Waals surface area contributed by atoms with Crippen molar-refractivity contribution in [2.24, 2.45) is 5.41 Å². The zero-order valence-corrected chi connectivity index (χ0v) is 17.2. The van der Waals surface area contributed by atoms with Gasteiger partial charge in [-0.25, -0.2) is 0 Å². The number of aliphatic hydroxyl groups excluding tert-OH is 2. The van der Waals surface area contributed by atoms with Crippen molar-refractivity contribution in [1.82, 2.24) is 4.57 Å². The number of rotatable bonds is 7. The van der Waals surface area contributed by atoms with E-state index in [1.54, 1.807) is 24.3 Å². The highest BCUT2D eigenvalue weighted by atomic mass is 16.3. The Labute approximate surface area is 170 Å². The predicted molar refractivity (Wildman–Crippen MR) is 112 cm³/mol. The standard InChI is InChI=1S/C23H31NO5/c1-22(2)9-4-10-23(29,15-22)11-7-20(27)18-5-3-6-19-17(18)8-12-24(21(19)28)13-16(26)14-25/h3,5-6,8,12,16,25-26,29H,4,7,9-11,13-15H2,1-2H3. The summed E-state index contributed by atoms with van der Waals surface area (Å²) in [4.78, 5) is 25.6. The monoisotopic (exact) mass is 401 g/mol. The van der Waals surface area contributed by atoms with E-state index in [0.29, 0.717) is 29.2 Å². The Morgan fingerprint density at radius 2 is 1.97 bits per heavy atom. The topological polar surface area (TPSA) is 99.8 Å².